The molecule has 1 aliphatic rings. The van der Waals surface area contributed by atoms with Gasteiger partial charge in [-0.1, -0.05) is 6.07 Å². The molecule has 0 atom stereocenters. The third-order valence-corrected chi connectivity index (χ3v) is 3.11. The van der Waals surface area contributed by atoms with Crippen LogP contribution in [0.15, 0.2) is 23.2 Å². The fourth-order valence-corrected chi connectivity index (χ4v) is 1.73. The maximum absolute atomic E-state index is 5.94. The highest BCUT2D eigenvalue weighted by Gasteiger charge is 2.27. The molecule has 18 heavy (non-hydrogen) atoms. The lowest BCUT2D eigenvalue weighted by Crippen LogP contribution is -2.35. The molecular formula is C13H21N5. The summed E-state index contributed by atoms with van der Waals surface area (Å²) < 4.78 is 0. The van der Waals surface area contributed by atoms with Gasteiger partial charge in [-0.2, -0.15) is 0 Å². The van der Waals surface area contributed by atoms with Crippen molar-refractivity contribution in [2.45, 2.75) is 25.4 Å². The molecule has 1 fully saturated rings. The average molecular weight is 247 g/mol. The summed E-state index contributed by atoms with van der Waals surface area (Å²) in [7, 11) is 5.95. The molecule has 1 heterocycles. The van der Waals surface area contributed by atoms with E-state index < -0.39 is 0 Å². The van der Waals surface area contributed by atoms with Crippen molar-refractivity contribution in [2.24, 2.45) is 10.7 Å². The van der Waals surface area contributed by atoms with Gasteiger partial charge in [0.2, 0.25) is 0 Å². The molecule has 0 bridgehead atoms. The van der Waals surface area contributed by atoms with E-state index in [9.17, 15) is 0 Å². The van der Waals surface area contributed by atoms with Crippen LogP contribution in [0, 0.1) is 0 Å². The molecule has 0 radical (unpaired) electrons. The largest absolute Gasteiger partial charge is 0.370 e. The summed E-state index contributed by atoms with van der Waals surface area (Å²) in [5.74, 6) is 1.55. The second kappa shape index (κ2) is 5.25. The van der Waals surface area contributed by atoms with Crippen LogP contribution < -0.4 is 10.6 Å². The van der Waals surface area contributed by atoms with Gasteiger partial charge in [0.05, 0.1) is 12.2 Å². The number of pyridine rings is 1. The second-order valence-electron chi connectivity index (χ2n) is 4.90. The van der Waals surface area contributed by atoms with Gasteiger partial charge in [-0.15, -0.1) is 0 Å². The van der Waals surface area contributed by atoms with Gasteiger partial charge in [-0.3, -0.25) is 0 Å². The molecule has 1 aliphatic carbocycles. The van der Waals surface area contributed by atoms with Gasteiger partial charge in [0.15, 0.2) is 5.96 Å². The smallest absolute Gasteiger partial charge is 0.191 e. The lowest BCUT2D eigenvalue weighted by atomic mass is 10.3. The van der Waals surface area contributed by atoms with E-state index in [0.29, 0.717) is 18.5 Å². The van der Waals surface area contributed by atoms with Crippen LogP contribution in [0.1, 0.15) is 18.5 Å². The summed E-state index contributed by atoms with van der Waals surface area (Å²) in [5.41, 5.74) is 6.88. The summed E-state index contributed by atoms with van der Waals surface area (Å²) in [6.07, 6.45) is 2.45. The normalized spacial score (nSPS) is 15.6. The van der Waals surface area contributed by atoms with E-state index in [-0.39, 0.29) is 0 Å². The Morgan fingerprint density at radius 1 is 1.39 bits per heavy atom. The first-order valence-electron chi connectivity index (χ1n) is 6.24. The van der Waals surface area contributed by atoms with E-state index >= 15 is 0 Å². The highest BCUT2D eigenvalue weighted by molar-refractivity contribution is 5.78. The quantitative estimate of drug-likeness (QED) is 0.638. The van der Waals surface area contributed by atoms with Crippen LogP contribution >= 0.6 is 0 Å². The zero-order chi connectivity index (χ0) is 13.1. The van der Waals surface area contributed by atoms with Crippen molar-refractivity contribution in [3.63, 3.8) is 0 Å². The zero-order valence-electron chi connectivity index (χ0n) is 11.3. The van der Waals surface area contributed by atoms with Crippen molar-refractivity contribution >= 4 is 11.8 Å². The van der Waals surface area contributed by atoms with Gasteiger partial charge in [-0.05, 0) is 25.0 Å². The number of guanidine groups is 1. The Balaban J connectivity index is 2.00. The first kappa shape index (κ1) is 12.7. The van der Waals surface area contributed by atoms with E-state index in [1.807, 2.05) is 44.2 Å². The molecule has 0 aliphatic heterocycles. The summed E-state index contributed by atoms with van der Waals surface area (Å²) in [5, 5.41) is 0. The number of nitrogens with two attached hydrogens (primary N) is 1. The topological polar surface area (TPSA) is 57.8 Å². The molecule has 1 saturated carbocycles. The third kappa shape index (κ3) is 3.12. The van der Waals surface area contributed by atoms with Crippen molar-refractivity contribution in [1.82, 2.24) is 9.88 Å². The predicted octanol–water partition coefficient (Wildman–Crippen LogP) is 1.06. The van der Waals surface area contributed by atoms with E-state index in [4.69, 9.17) is 5.73 Å². The number of aromatic nitrogens is 1. The van der Waals surface area contributed by atoms with E-state index in [0.717, 1.165) is 11.5 Å². The number of aliphatic imine (C=N–C) groups is 1. The Kier molecular flexibility index (Phi) is 3.69. The molecule has 0 unspecified atom stereocenters. The third-order valence-electron chi connectivity index (χ3n) is 3.11. The summed E-state index contributed by atoms with van der Waals surface area (Å²) in [6, 6.07) is 6.54. The minimum Gasteiger partial charge on any atom is -0.370 e. The van der Waals surface area contributed by atoms with Crippen LogP contribution in [-0.4, -0.2) is 43.0 Å². The second-order valence-corrected chi connectivity index (χ2v) is 4.90. The minimum atomic E-state index is 0.532. The van der Waals surface area contributed by atoms with Gasteiger partial charge in [0.1, 0.15) is 5.82 Å². The molecule has 98 valence electrons. The van der Waals surface area contributed by atoms with Crippen LogP contribution in [0.25, 0.3) is 0 Å². The highest BCUT2D eigenvalue weighted by Crippen LogP contribution is 2.24. The molecule has 2 rings (SSSR count). The van der Waals surface area contributed by atoms with E-state index in [1.54, 1.807) is 0 Å². The van der Waals surface area contributed by atoms with Crippen LogP contribution in [0.2, 0.25) is 0 Å². The van der Waals surface area contributed by atoms with Crippen LogP contribution in [0.5, 0.6) is 0 Å². The molecule has 5 nitrogen and oxygen atoms in total. The molecular weight excluding hydrogens is 226 g/mol. The lowest BCUT2D eigenvalue weighted by Gasteiger charge is -2.17. The van der Waals surface area contributed by atoms with Crippen molar-refractivity contribution in [3.8, 4) is 0 Å². The fraction of sp³-hybridized carbons (Fsp3) is 0.538. The predicted molar refractivity (Wildman–Crippen MR) is 74.7 cm³/mol. The van der Waals surface area contributed by atoms with Gasteiger partial charge < -0.3 is 15.5 Å². The van der Waals surface area contributed by atoms with Gasteiger partial charge in [0.25, 0.3) is 0 Å². The molecule has 0 saturated heterocycles. The molecule has 5 heteroatoms. The van der Waals surface area contributed by atoms with Crippen molar-refractivity contribution < 1.29 is 0 Å². The SMILES string of the molecule is CN(C)c1cccc(CN=C(N)N(C)C2CC2)n1. The Morgan fingerprint density at radius 2 is 2.11 bits per heavy atom. The number of hydrogen-bond acceptors (Lipinski definition) is 3. The summed E-state index contributed by atoms with van der Waals surface area (Å²) >= 11 is 0. The molecule has 0 aromatic carbocycles. The fourth-order valence-electron chi connectivity index (χ4n) is 1.73. The Hall–Kier alpha value is -1.78. The number of nitrogens with zero attached hydrogens (tertiary/aromatic N) is 4. The number of anilines is 1. The standard InChI is InChI=1S/C13H21N5/c1-17(2)12-6-4-5-10(16-12)9-15-13(14)18(3)11-7-8-11/h4-6,11H,7-9H2,1-3H3,(H2,14,15). The van der Waals surface area contributed by atoms with Crippen LogP contribution in [-0.2, 0) is 6.54 Å². The molecule has 0 amide bonds. The number of hydrogen-bond donors (Lipinski definition) is 1. The van der Waals surface area contributed by atoms with Gasteiger partial charge >= 0.3 is 0 Å². The number of rotatable bonds is 4. The maximum Gasteiger partial charge on any atom is 0.191 e. The first-order chi connectivity index (χ1) is 8.58. The van der Waals surface area contributed by atoms with E-state index in [1.165, 1.54) is 12.8 Å². The molecule has 1 aromatic heterocycles. The Morgan fingerprint density at radius 3 is 2.72 bits per heavy atom. The minimum absolute atomic E-state index is 0.532. The average Bonchev–Trinajstić information content (AvgIpc) is 3.19. The van der Waals surface area contributed by atoms with Crippen LogP contribution in [0.4, 0.5) is 5.82 Å². The summed E-state index contributed by atoms with van der Waals surface area (Å²) in [4.78, 5) is 12.9. The lowest BCUT2D eigenvalue weighted by molar-refractivity contribution is 0.487. The maximum atomic E-state index is 5.94. The Bertz CT molecular complexity index is 437. The van der Waals surface area contributed by atoms with E-state index in [2.05, 4.69) is 14.9 Å². The van der Waals surface area contributed by atoms with Crippen molar-refractivity contribution in [3.05, 3.63) is 23.9 Å². The van der Waals surface area contributed by atoms with Crippen molar-refractivity contribution in [2.75, 3.05) is 26.0 Å². The first-order valence-corrected chi connectivity index (χ1v) is 6.24. The monoisotopic (exact) mass is 247 g/mol. The molecule has 0 spiro atoms. The molecule has 2 N–H and O–H groups in total. The van der Waals surface area contributed by atoms with Crippen molar-refractivity contribution in [1.29, 1.82) is 0 Å². The van der Waals surface area contributed by atoms with Gasteiger partial charge in [-0.25, -0.2) is 9.98 Å². The highest BCUT2D eigenvalue weighted by atomic mass is 15.3. The summed E-state index contributed by atoms with van der Waals surface area (Å²) in [6.45, 7) is 0.532. The molecule has 1 aromatic rings. The van der Waals surface area contributed by atoms with Crippen LogP contribution in [0.3, 0.4) is 0 Å². The zero-order valence-corrected chi connectivity index (χ0v) is 11.3. The van der Waals surface area contributed by atoms with Gasteiger partial charge in [0, 0.05) is 27.2 Å². The Labute approximate surface area is 108 Å².